The lowest BCUT2D eigenvalue weighted by Crippen LogP contribution is -2.05. The second kappa shape index (κ2) is 7.32. The molecule has 0 spiro atoms. The van der Waals surface area contributed by atoms with Crippen LogP contribution in [0.3, 0.4) is 0 Å². The average molecular weight is 402 g/mol. The van der Waals surface area contributed by atoms with Gasteiger partial charge in [-0.1, -0.05) is 57.5 Å². The van der Waals surface area contributed by atoms with Crippen molar-refractivity contribution in [1.82, 2.24) is 14.8 Å². The Labute approximate surface area is 153 Å². The molecule has 24 heavy (non-hydrogen) atoms. The van der Waals surface area contributed by atoms with E-state index >= 15 is 0 Å². The molecule has 1 heterocycles. The van der Waals surface area contributed by atoms with E-state index in [1.807, 2.05) is 47.9 Å². The van der Waals surface area contributed by atoms with Crippen LogP contribution >= 0.6 is 27.7 Å². The highest BCUT2D eigenvalue weighted by Crippen LogP contribution is 2.23. The summed E-state index contributed by atoms with van der Waals surface area (Å²) in [5, 5.41) is 9.09. The quantitative estimate of drug-likeness (QED) is 0.462. The molecule has 0 saturated carbocycles. The van der Waals surface area contributed by atoms with Crippen LogP contribution in [0.1, 0.15) is 21.7 Å². The van der Waals surface area contributed by atoms with Crippen LogP contribution in [0.5, 0.6) is 0 Å². The number of nitrogens with zero attached hydrogens (tertiary/aromatic N) is 3. The van der Waals surface area contributed by atoms with Gasteiger partial charge in [-0.25, -0.2) is 0 Å². The molecule has 122 valence electrons. The minimum atomic E-state index is 0.0670. The third kappa shape index (κ3) is 3.76. The molecule has 0 unspecified atom stereocenters. The van der Waals surface area contributed by atoms with Gasteiger partial charge in [0.25, 0.3) is 0 Å². The molecule has 0 fully saturated rings. The van der Waals surface area contributed by atoms with Crippen LogP contribution in [0.25, 0.3) is 5.69 Å². The Bertz CT molecular complexity index is 874. The van der Waals surface area contributed by atoms with Gasteiger partial charge in [-0.3, -0.25) is 9.36 Å². The number of halogens is 1. The van der Waals surface area contributed by atoms with Gasteiger partial charge in [0.05, 0.1) is 5.75 Å². The first-order chi connectivity index (χ1) is 11.5. The third-order valence-electron chi connectivity index (χ3n) is 3.57. The monoisotopic (exact) mass is 401 g/mol. The van der Waals surface area contributed by atoms with Crippen molar-refractivity contribution in [2.45, 2.75) is 19.0 Å². The Morgan fingerprint density at radius 2 is 1.88 bits per heavy atom. The summed E-state index contributed by atoms with van der Waals surface area (Å²) in [6.45, 7) is 3.96. The maximum atomic E-state index is 12.4. The average Bonchev–Trinajstić information content (AvgIpc) is 2.94. The topological polar surface area (TPSA) is 47.8 Å². The Kier molecular flexibility index (Phi) is 5.16. The number of benzene rings is 2. The van der Waals surface area contributed by atoms with E-state index in [9.17, 15) is 4.79 Å². The molecule has 1 aromatic heterocycles. The van der Waals surface area contributed by atoms with Gasteiger partial charge in [0, 0.05) is 15.7 Å². The van der Waals surface area contributed by atoms with Gasteiger partial charge in [-0.05, 0) is 38.1 Å². The van der Waals surface area contributed by atoms with Crippen LogP contribution < -0.4 is 0 Å². The fourth-order valence-corrected chi connectivity index (χ4v) is 3.59. The van der Waals surface area contributed by atoms with E-state index in [0.29, 0.717) is 11.3 Å². The number of rotatable bonds is 5. The molecule has 6 heteroatoms. The summed E-state index contributed by atoms with van der Waals surface area (Å²) in [7, 11) is 0. The molecule has 0 aliphatic rings. The lowest BCUT2D eigenvalue weighted by atomic mass is 10.2. The maximum absolute atomic E-state index is 12.4. The first-order valence-electron chi connectivity index (χ1n) is 7.45. The molecule has 0 atom stereocenters. The van der Waals surface area contributed by atoms with Crippen LogP contribution in [0.15, 0.2) is 58.2 Å². The van der Waals surface area contributed by atoms with Crippen molar-refractivity contribution in [2.75, 3.05) is 5.75 Å². The van der Waals surface area contributed by atoms with Gasteiger partial charge in [0.2, 0.25) is 0 Å². The molecular formula is C18H16BrN3OS. The molecule has 0 amide bonds. The van der Waals surface area contributed by atoms with Crippen LogP contribution in [-0.4, -0.2) is 26.3 Å². The first-order valence-corrected chi connectivity index (χ1v) is 9.23. The Morgan fingerprint density at radius 1 is 1.12 bits per heavy atom. The molecule has 0 bridgehead atoms. The first kappa shape index (κ1) is 16.9. The molecule has 2 aromatic carbocycles. The van der Waals surface area contributed by atoms with E-state index in [2.05, 4.69) is 45.2 Å². The number of thioether (sulfide) groups is 1. The molecule has 0 radical (unpaired) electrons. The molecule has 0 aliphatic carbocycles. The van der Waals surface area contributed by atoms with E-state index in [0.717, 1.165) is 21.1 Å². The Hall–Kier alpha value is -1.92. The fourth-order valence-electron chi connectivity index (χ4n) is 2.30. The minimum absolute atomic E-state index is 0.0670. The van der Waals surface area contributed by atoms with Gasteiger partial charge in [-0.2, -0.15) is 0 Å². The Balaban J connectivity index is 1.79. The zero-order valence-corrected chi connectivity index (χ0v) is 15.8. The van der Waals surface area contributed by atoms with Gasteiger partial charge in [0.1, 0.15) is 5.82 Å². The van der Waals surface area contributed by atoms with E-state index < -0.39 is 0 Å². The van der Waals surface area contributed by atoms with E-state index in [1.54, 1.807) is 0 Å². The molecule has 3 aromatic rings. The van der Waals surface area contributed by atoms with E-state index in [-0.39, 0.29) is 5.78 Å². The highest BCUT2D eigenvalue weighted by atomic mass is 79.9. The van der Waals surface area contributed by atoms with Crippen molar-refractivity contribution >= 4 is 33.5 Å². The van der Waals surface area contributed by atoms with E-state index in [1.165, 1.54) is 17.3 Å². The van der Waals surface area contributed by atoms with Gasteiger partial charge >= 0.3 is 0 Å². The SMILES string of the molecule is Cc1ccc(-n2c(C)nnc2SCC(=O)c2cccc(Br)c2)cc1. The lowest BCUT2D eigenvalue weighted by molar-refractivity contribution is 0.102. The van der Waals surface area contributed by atoms with Crippen molar-refractivity contribution in [3.63, 3.8) is 0 Å². The van der Waals surface area contributed by atoms with Crippen molar-refractivity contribution in [3.8, 4) is 5.69 Å². The normalized spacial score (nSPS) is 10.8. The van der Waals surface area contributed by atoms with Crippen molar-refractivity contribution in [1.29, 1.82) is 0 Å². The predicted molar refractivity (Wildman–Crippen MR) is 100 cm³/mol. The van der Waals surface area contributed by atoms with Gasteiger partial charge in [0.15, 0.2) is 10.9 Å². The van der Waals surface area contributed by atoms with Gasteiger partial charge < -0.3 is 0 Å². The summed E-state index contributed by atoms with van der Waals surface area (Å²) in [5.74, 6) is 1.19. The summed E-state index contributed by atoms with van der Waals surface area (Å²) < 4.78 is 2.87. The van der Waals surface area contributed by atoms with Crippen LogP contribution in [0.4, 0.5) is 0 Å². The zero-order chi connectivity index (χ0) is 17.1. The van der Waals surface area contributed by atoms with Crippen LogP contribution in [0, 0.1) is 13.8 Å². The van der Waals surface area contributed by atoms with Crippen molar-refractivity contribution in [3.05, 3.63) is 70.0 Å². The molecule has 4 nitrogen and oxygen atoms in total. The molecule has 3 rings (SSSR count). The lowest BCUT2D eigenvalue weighted by Gasteiger charge is -2.08. The third-order valence-corrected chi connectivity index (χ3v) is 4.99. The second-order valence-corrected chi connectivity index (χ2v) is 7.28. The number of carbonyl (C=O) groups is 1. The van der Waals surface area contributed by atoms with Crippen molar-refractivity contribution in [2.24, 2.45) is 0 Å². The largest absolute Gasteiger partial charge is 0.293 e. The fraction of sp³-hybridized carbons (Fsp3) is 0.167. The highest BCUT2D eigenvalue weighted by molar-refractivity contribution is 9.10. The number of hydrogen-bond donors (Lipinski definition) is 0. The predicted octanol–water partition coefficient (Wildman–Crippen LogP) is 4.62. The number of carbonyl (C=O) groups excluding carboxylic acids is 1. The number of ketones is 1. The van der Waals surface area contributed by atoms with Crippen LogP contribution in [-0.2, 0) is 0 Å². The summed E-state index contributed by atoms with van der Waals surface area (Å²) in [6, 6.07) is 15.6. The summed E-state index contributed by atoms with van der Waals surface area (Å²) in [4.78, 5) is 12.4. The molecular weight excluding hydrogens is 386 g/mol. The highest BCUT2D eigenvalue weighted by Gasteiger charge is 2.14. The zero-order valence-electron chi connectivity index (χ0n) is 13.4. The molecule has 0 aliphatic heterocycles. The molecule has 0 saturated heterocycles. The number of Topliss-reactive ketones (excluding diaryl/α,β-unsaturated/α-hetero) is 1. The number of aryl methyl sites for hydroxylation is 2. The maximum Gasteiger partial charge on any atom is 0.196 e. The van der Waals surface area contributed by atoms with Crippen molar-refractivity contribution < 1.29 is 4.79 Å². The Morgan fingerprint density at radius 3 is 2.58 bits per heavy atom. The number of hydrogen-bond acceptors (Lipinski definition) is 4. The smallest absolute Gasteiger partial charge is 0.196 e. The number of aromatic nitrogens is 3. The van der Waals surface area contributed by atoms with E-state index in [4.69, 9.17) is 0 Å². The van der Waals surface area contributed by atoms with Gasteiger partial charge in [-0.15, -0.1) is 10.2 Å². The summed E-state index contributed by atoms with van der Waals surface area (Å²) in [5.41, 5.74) is 2.89. The van der Waals surface area contributed by atoms with Crippen LogP contribution in [0.2, 0.25) is 0 Å². The standard InChI is InChI=1S/C18H16BrN3OS/c1-12-6-8-16(9-7-12)22-13(2)20-21-18(22)24-11-17(23)14-4-3-5-15(19)10-14/h3-10H,11H2,1-2H3. The second-order valence-electron chi connectivity index (χ2n) is 5.42. The minimum Gasteiger partial charge on any atom is -0.293 e. The summed E-state index contributed by atoms with van der Waals surface area (Å²) >= 11 is 4.79. The summed E-state index contributed by atoms with van der Waals surface area (Å²) in [6.07, 6.45) is 0. The molecule has 0 N–H and O–H groups in total.